The summed E-state index contributed by atoms with van der Waals surface area (Å²) in [7, 11) is 1.59. The van der Waals surface area contributed by atoms with E-state index in [9.17, 15) is 4.79 Å². The monoisotopic (exact) mass is 299 g/mol. The molecule has 0 aliphatic rings. The molecule has 2 aromatic rings. The number of carbonyl (C=O) groups is 1. The topological polar surface area (TPSA) is 47.6 Å². The van der Waals surface area contributed by atoms with Crippen LogP contribution in [-0.2, 0) is 4.79 Å². The molecule has 0 saturated carbocycles. The van der Waals surface area contributed by atoms with Gasteiger partial charge in [-0.1, -0.05) is 38.1 Å². The van der Waals surface area contributed by atoms with Crippen LogP contribution in [0.2, 0.25) is 0 Å². The molecule has 0 bridgehead atoms. The molecule has 0 radical (unpaired) electrons. The molecule has 116 valence electrons. The molecular weight excluding hydrogens is 278 g/mol. The number of methoxy groups -OCH3 is 1. The summed E-state index contributed by atoms with van der Waals surface area (Å²) in [4.78, 5) is 12.0. The summed E-state index contributed by atoms with van der Waals surface area (Å²) in [5.41, 5.74) is 1.78. The molecular formula is C18H21NO3. The number of para-hydroxylation sites is 1. The maximum Gasteiger partial charge on any atom is 0.262 e. The van der Waals surface area contributed by atoms with Gasteiger partial charge in [-0.15, -0.1) is 0 Å². The van der Waals surface area contributed by atoms with Crippen LogP contribution in [0, 0.1) is 0 Å². The van der Waals surface area contributed by atoms with Crippen molar-refractivity contribution in [3.63, 3.8) is 0 Å². The van der Waals surface area contributed by atoms with Crippen molar-refractivity contribution in [2.45, 2.75) is 19.8 Å². The zero-order valence-electron chi connectivity index (χ0n) is 13.1. The molecule has 0 aliphatic carbocycles. The predicted molar refractivity (Wildman–Crippen MR) is 87.6 cm³/mol. The molecule has 0 heterocycles. The number of hydrogen-bond acceptors (Lipinski definition) is 3. The van der Waals surface area contributed by atoms with Gasteiger partial charge in [0, 0.05) is 11.8 Å². The second-order valence-corrected chi connectivity index (χ2v) is 5.26. The van der Waals surface area contributed by atoms with Gasteiger partial charge in [0.1, 0.15) is 11.5 Å². The smallest absolute Gasteiger partial charge is 0.262 e. The Morgan fingerprint density at radius 3 is 2.64 bits per heavy atom. The lowest BCUT2D eigenvalue weighted by Gasteiger charge is -2.13. The molecule has 22 heavy (non-hydrogen) atoms. The fourth-order valence-electron chi connectivity index (χ4n) is 2.13. The van der Waals surface area contributed by atoms with Gasteiger partial charge >= 0.3 is 0 Å². The molecule has 2 aromatic carbocycles. The molecule has 0 unspecified atom stereocenters. The number of rotatable bonds is 6. The highest BCUT2D eigenvalue weighted by Gasteiger charge is 2.09. The summed E-state index contributed by atoms with van der Waals surface area (Å²) in [6, 6.07) is 15.0. The summed E-state index contributed by atoms with van der Waals surface area (Å²) < 4.78 is 10.8. The molecule has 0 atom stereocenters. The van der Waals surface area contributed by atoms with Crippen molar-refractivity contribution in [1.82, 2.24) is 0 Å². The minimum absolute atomic E-state index is 0.0268. The van der Waals surface area contributed by atoms with E-state index in [1.54, 1.807) is 13.2 Å². The molecule has 0 aromatic heterocycles. The molecule has 0 aliphatic heterocycles. The quantitative estimate of drug-likeness (QED) is 0.881. The third kappa shape index (κ3) is 4.25. The molecule has 0 fully saturated rings. The standard InChI is InChI=1S/C18H21NO3/c1-13(2)16-9-4-5-10-17(16)22-12-18(20)19-14-7-6-8-15(11-14)21-3/h4-11,13H,12H2,1-3H3,(H,19,20). The molecule has 0 saturated heterocycles. The second kappa shape index (κ2) is 7.50. The van der Waals surface area contributed by atoms with E-state index in [1.807, 2.05) is 42.5 Å². The van der Waals surface area contributed by atoms with E-state index in [0.29, 0.717) is 17.4 Å². The summed E-state index contributed by atoms with van der Waals surface area (Å²) >= 11 is 0. The Morgan fingerprint density at radius 2 is 1.91 bits per heavy atom. The van der Waals surface area contributed by atoms with Gasteiger partial charge in [0.15, 0.2) is 6.61 Å². The lowest BCUT2D eigenvalue weighted by Crippen LogP contribution is -2.20. The van der Waals surface area contributed by atoms with Gasteiger partial charge in [0.25, 0.3) is 5.91 Å². The molecule has 1 amide bonds. The predicted octanol–water partition coefficient (Wildman–Crippen LogP) is 3.84. The van der Waals surface area contributed by atoms with Crippen molar-refractivity contribution in [1.29, 1.82) is 0 Å². The first-order valence-corrected chi connectivity index (χ1v) is 7.25. The first-order chi connectivity index (χ1) is 10.6. The Balaban J connectivity index is 1.95. The van der Waals surface area contributed by atoms with E-state index in [4.69, 9.17) is 9.47 Å². The number of nitrogens with one attached hydrogen (secondary N) is 1. The van der Waals surface area contributed by atoms with E-state index >= 15 is 0 Å². The minimum atomic E-state index is -0.202. The zero-order chi connectivity index (χ0) is 15.9. The Hall–Kier alpha value is -2.49. The number of benzene rings is 2. The third-order valence-corrected chi connectivity index (χ3v) is 3.25. The van der Waals surface area contributed by atoms with Crippen molar-refractivity contribution >= 4 is 11.6 Å². The molecule has 2 rings (SSSR count). The van der Waals surface area contributed by atoms with E-state index in [-0.39, 0.29) is 12.5 Å². The van der Waals surface area contributed by atoms with Crippen LogP contribution in [0.4, 0.5) is 5.69 Å². The molecule has 4 heteroatoms. The SMILES string of the molecule is COc1cccc(NC(=O)COc2ccccc2C(C)C)c1. The number of carbonyl (C=O) groups excluding carboxylic acids is 1. The summed E-state index contributed by atoms with van der Waals surface area (Å²) in [5.74, 6) is 1.59. The van der Waals surface area contributed by atoms with Gasteiger partial charge in [-0.25, -0.2) is 0 Å². The number of anilines is 1. The van der Waals surface area contributed by atoms with E-state index in [0.717, 1.165) is 11.3 Å². The Kier molecular flexibility index (Phi) is 5.42. The van der Waals surface area contributed by atoms with Crippen molar-refractivity contribution in [3.8, 4) is 11.5 Å². The van der Waals surface area contributed by atoms with Gasteiger partial charge in [-0.3, -0.25) is 4.79 Å². The van der Waals surface area contributed by atoms with Crippen molar-refractivity contribution in [2.75, 3.05) is 19.0 Å². The summed E-state index contributed by atoms with van der Waals surface area (Å²) in [5, 5.41) is 2.79. The maximum absolute atomic E-state index is 12.0. The first kappa shape index (κ1) is 15.9. The van der Waals surface area contributed by atoms with E-state index < -0.39 is 0 Å². The third-order valence-electron chi connectivity index (χ3n) is 3.25. The van der Waals surface area contributed by atoms with Gasteiger partial charge < -0.3 is 14.8 Å². The van der Waals surface area contributed by atoms with Gasteiger partial charge in [0.2, 0.25) is 0 Å². The highest BCUT2D eigenvalue weighted by molar-refractivity contribution is 5.92. The molecule has 1 N–H and O–H groups in total. The van der Waals surface area contributed by atoms with Gasteiger partial charge in [-0.05, 0) is 29.7 Å². The highest BCUT2D eigenvalue weighted by atomic mass is 16.5. The minimum Gasteiger partial charge on any atom is -0.497 e. The van der Waals surface area contributed by atoms with E-state index in [2.05, 4.69) is 19.2 Å². The number of ether oxygens (including phenoxy) is 2. The van der Waals surface area contributed by atoms with E-state index in [1.165, 1.54) is 0 Å². The van der Waals surface area contributed by atoms with Crippen LogP contribution in [0.25, 0.3) is 0 Å². The summed E-state index contributed by atoms with van der Waals surface area (Å²) in [6.07, 6.45) is 0. The van der Waals surface area contributed by atoms with Gasteiger partial charge in [-0.2, -0.15) is 0 Å². The van der Waals surface area contributed by atoms with Crippen LogP contribution in [0.5, 0.6) is 11.5 Å². The average molecular weight is 299 g/mol. The first-order valence-electron chi connectivity index (χ1n) is 7.25. The van der Waals surface area contributed by atoms with Gasteiger partial charge in [0.05, 0.1) is 7.11 Å². The highest BCUT2D eigenvalue weighted by Crippen LogP contribution is 2.25. The van der Waals surface area contributed by atoms with Crippen molar-refractivity contribution in [2.24, 2.45) is 0 Å². The maximum atomic E-state index is 12.0. The second-order valence-electron chi connectivity index (χ2n) is 5.26. The molecule has 0 spiro atoms. The lowest BCUT2D eigenvalue weighted by atomic mass is 10.0. The molecule has 4 nitrogen and oxygen atoms in total. The summed E-state index contributed by atoms with van der Waals surface area (Å²) in [6.45, 7) is 4.16. The Morgan fingerprint density at radius 1 is 1.14 bits per heavy atom. The Labute approximate surface area is 131 Å². The fraction of sp³-hybridized carbons (Fsp3) is 0.278. The Bertz CT molecular complexity index is 638. The zero-order valence-corrected chi connectivity index (χ0v) is 13.1. The van der Waals surface area contributed by atoms with Crippen LogP contribution >= 0.6 is 0 Å². The van der Waals surface area contributed by atoms with Crippen LogP contribution in [0.1, 0.15) is 25.3 Å². The average Bonchev–Trinajstić information content (AvgIpc) is 2.53. The fourth-order valence-corrected chi connectivity index (χ4v) is 2.13. The van der Waals surface area contributed by atoms with Crippen LogP contribution in [0.3, 0.4) is 0 Å². The van der Waals surface area contributed by atoms with Crippen LogP contribution in [-0.4, -0.2) is 19.6 Å². The van der Waals surface area contributed by atoms with Crippen molar-refractivity contribution < 1.29 is 14.3 Å². The normalized spacial score (nSPS) is 10.4. The van der Waals surface area contributed by atoms with Crippen LogP contribution in [0.15, 0.2) is 48.5 Å². The van der Waals surface area contributed by atoms with Crippen LogP contribution < -0.4 is 14.8 Å². The lowest BCUT2D eigenvalue weighted by molar-refractivity contribution is -0.118. The van der Waals surface area contributed by atoms with Crippen molar-refractivity contribution in [3.05, 3.63) is 54.1 Å². The number of amides is 1. The number of hydrogen-bond donors (Lipinski definition) is 1. The largest absolute Gasteiger partial charge is 0.497 e.